The number of carbonyl (C=O) groups excluding carboxylic acids is 1. The number of esters is 1. The zero-order valence-corrected chi connectivity index (χ0v) is 10.1. The topological polar surface area (TPSA) is 53.3 Å². The van der Waals surface area contributed by atoms with Gasteiger partial charge in [-0.05, 0) is 24.6 Å². The van der Waals surface area contributed by atoms with Gasteiger partial charge in [0.1, 0.15) is 0 Å². The lowest BCUT2D eigenvalue weighted by atomic mass is 10.1. The number of benzene rings is 1. The lowest BCUT2D eigenvalue weighted by Crippen LogP contribution is -2.30. The second-order valence-corrected chi connectivity index (χ2v) is 4.37. The molecule has 18 heavy (non-hydrogen) atoms. The molecule has 3 rings (SSSR count). The van der Waals surface area contributed by atoms with Crippen molar-refractivity contribution in [2.24, 2.45) is 0 Å². The van der Waals surface area contributed by atoms with Crippen LogP contribution in [0.2, 0.25) is 0 Å². The molecular formula is C13H14N2O3. The van der Waals surface area contributed by atoms with Crippen molar-refractivity contribution in [1.82, 2.24) is 9.55 Å². The van der Waals surface area contributed by atoms with E-state index in [1.165, 1.54) is 7.11 Å². The third-order valence-electron chi connectivity index (χ3n) is 3.24. The van der Waals surface area contributed by atoms with Crippen LogP contribution in [0.3, 0.4) is 0 Å². The summed E-state index contributed by atoms with van der Waals surface area (Å²) in [5, 5.41) is 0. The van der Waals surface area contributed by atoms with E-state index in [9.17, 15) is 4.79 Å². The maximum absolute atomic E-state index is 11.4. The molecule has 1 saturated heterocycles. The molecule has 5 heteroatoms. The van der Waals surface area contributed by atoms with E-state index in [0.29, 0.717) is 11.7 Å². The van der Waals surface area contributed by atoms with Gasteiger partial charge in [-0.2, -0.15) is 0 Å². The van der Waals surface area contributed by atoms with Crippen molar-refractivity contribution >= 4 is 17.0 Å². The van der Waals surface area contributed by atoms with Crippen molar-refractivity contribution in [1.29, 1.82) is 0 Å². The van der Waals surface area contributed by atoms with E-state index in [0.717, 1.165) is 30.6 Å². The van der Waals surface area contributed by atoms with Crippen LogP contribution in [0.25, 0.3) is 11.0 Å². The molecular weight excluding hydrogens is 232 g/mol. The van der Waals surface area contributed by atoms with Crippen LogP contribution in [0.4, 0.5) is 0 Å². The van der Waals surface area contributed by atoms with Crippen molar-refractivity contribution in [3.8, 4) is 0 Å². The molecule has 0 amide bonds. The van der Waals surface area contributed by atoms with Crippen LogP contribution in [-0.2, 0) is 16.0 Å². The maximum Gasteiger partial charge on any atom is 0.337 e. The number of nitrogens with zero attached hydrogens (tertiary/aromatic N) is 2. The number of fused-ring (bicyclic) bond motifs is 1. The number of rotatable bonds is 3. The Morgan fingerprint density at radius 1 is 1.61 bits per heavy atom. The average Bonchev–Trinajstić information content (AvgIpc) is 2.75. The number of carbonyl (C=O) groups is 1. The van der Waals surface area contributed by atoms with Crippen molar-refractivity contribution in [3.63, 3.8) is 0 Å². The molecule has 1 aromatic carbocycles. The summed E-state index contributed by atoms with van der Waals surface area (Å²) in [6, 6.07) is 5.40. The van der Waals surface area contributed by atoms with Crippen LogP contribution < -0.4 is 0 Å². The minimum atomic E-state index is -0.339. The summed E-state index contributed by atoms with van der Waals surface area (Å²) in [6.07, 6.45) is 3.18. The van der Waals surface area contributed by atoms with Gasteiger partial charge in [-0.3, -0.25) is 0 Å². The molecule has 2 aromatic rings. The Hall–Kier alpha value is -1.88. The Morgan fingerprint density at radius 2 is 2.44 bits per heavy atom. The first kappa shape index (κ1) is 11.2. The minimum Gasteiger partial charge on any atom is -0.465 e. The molecule has 1 unspecified atom stereocenters. The monoisotopic (exact) mass is 246 g/mol. The van der Waals surface area contributed by atoms with Gasteiger partial charge >= 0.3 is 5.97 Å². The number of aromatic nitrogens is 2. The third-order valence-corrected chi connectivity index (χ3v) is 3.24. The Morgan fingerprint density at radius 3 is 3.11 bits per heavy atom. The molecule has 0 bridgehead atoms. The highest BCUT2D eigenvalue weighted by Gasteiger charge is 2.19. The molecule has 0 N–H and O–H groups in total. The van der Waals surface area contributed by atoms with Crippen molar-refractivity contribution in [2.45, 2.75) is 19.1 Å². The fraction of sp³-hybridized carbons (Fsp3) is 0.385. The van der Waals surface area contributed by atoms with E-state index in [-0.39, 0.29) is 5.97 Å². The van der Waals surface area contributed by atoms with Gasteiger partial charge in [0.25, 0.3) is 0 Å². The van der Waals surface area contributed by atoms with Crippen molar-refractivity contribution in [3.05, 3.63) is 30.1 Å². The summed E-state index contributed by atoms with van der Waals surface area (Å²) >= 11 is 0. The molecule has 0 radical (unpaired) electrons. The average molecular weight is 246 g/mol. The molecule has 5 nitrogen and oxygen atoms in total. The van der Waals surface area contributed by atoms with E-state index in [1.54, 1.807) is 18.5 Å². The van der Waals surface area contributed by atoms with Crippen LogP contribution in [0.5, 0.6) is 0 Å². The van der Waals surface area contributed by atoms with Crippen molar-refractivity contribution in [2.75, 3.05) is 13.7 Å². The van der Waals surface area contributed by atoms with E-state index in [2.05, 4.69) is 14.3 Å². The molecule has 2 heterocycles. The highest BCUT2D eigenvalue weighted by Crippen LogP contribution is 2.19. The van der Waals surface area contributed by atoms with Gasteiger partial charge < -0.3 is 14.0 Å². The SMILES string of the molecule is COC(=O)c1ccc2c(c1)ncn2CC1CCO1. The zero-order chi connectivity index (χ0) is 12.5. The number of methoxy groups -OCH3 is 1. The highest BCUT2D eigenvalue weighted by molar-refractivity contribution is 5.93. The standard InChI is InChI=1S/C13H14N2O3/c1-17-13(16)9-2-3-12-11(6-9)14-8-15(12)7-10-4-5-18-10/h2-3,6,8,10H,4-5,7H2,1H3. The molecule has 0 saturated carbocycles. The Labute approximate surface area is 104 Å². The summed E-state index contributed by atoms with van der Waals surface area (Å²) < 4.78 is 12.2. The minimum absolute atomic E-state index is 0.294. The summed E-state index contributed by atoms with van der Waals surface area (Å²) in [5.41, 5.74) is 2.34. The largest absolute Gasteiger partial charge is 0.465 e. The van der Waals surface area contributed by atoms with Crippen LogP contribution in [-0.4, -0.2) is 35.3 Å². The zero-order valence-electron chi connectivity index (χ0n) is 10.1. The number of hydrogen-bond donors (Lipinski definition) is 0. The summed E-state index contributed by atoms with van der Waals surface area (Å²) in [5.74, 6) is -0.339. The van der Waals surface area contributed by atoms with E-state index >= 15 is 0 Å². The van der Waals surface area contributed by atoms with E-state index in [4.69, 9.17) is 4.74 Å². The summed E-state index contributed by atoms with van der Waals surface area (Å²) in [4.78, 5) is 15.7. The molecule has 0 aliphatic carbocycles. The van der Waals surface area contributed by atoms with Gasteiger partial charge in [-0.1, -0.05) is 0 Å². The van der Waals surface area contributed by atoms with Gasteiger partial charge in [0, 0.05) is 6.61 Å². The van der Waals surface area contributed by atoms with Gasteiger partial charge in [0.15, 0.2) is 0 Å². The first-order chi connectivity index (χ1) is 8.78. The first-order valence-corrected chi connectivity index (χ1v) is 5.93. The fourth-order valence-electron chi connectivity index (χ4n) is 2.10. The Kier molecular flexibility index (Phi) is 2.76. The van der Waals surface area contributed by atoms with E-state index in [1.807, 2.05) is 6.07 Å². The van der Waals surface area contributed by atoms with Crippen LogP contribution in [0.1, 0.15) is 16.8 Å². The highest BCUT2D eigenvalue weighted by atomic mass is 16.5. The number of imidazole rings is 1. The normalized spacial score (nSPS) is 18.6. The second kappa shape index (κ2) is 4.42. The molecule has 1 aliphatic rings. The molecule has 1 fully saturated rings. The van der Waals surface area contributed by atoms with Crippen molar-refractivity contribution < 1.29 is 14.3 Å². The fourth-order valence-corrected chi connectivity index (χ4v) is 2.10. The molecule has 0 spiro atoms. The predicted molar refractivity (Wildman–Crippen MR) is 65.4 cm³/mol. The second-order valence-electron chi connectivity index (χ2n) is 4.37. The van der Waals surface area contributed by atoms with Gasteiger partial charge in [0.2, 0.25) is 0 Å². The van der Waals surface area contributed by atoms with E-state index < -0.39 is 0 Å². The molecule has 94 valence electrons. The lowest BCUT2D eigenvalue weighted by Gasteiger charge is -2.26. The first-order valence-electron chi connectivity index (χ1n) is 5.93. The smallest absolute Gasteiger partial charge is 0.337 e. The lowest BCUT2D eigenvalue weighted by molar-refractivity contribution is -0.0586. The van der Waals surface area contributed by atoms with Crippen LogP contribution in [0.15, 0.2) is 24.5 Å². The summed E-state index contributed by atoms with van der Waals surface area (Å²) in [6.45, 7) is 1.66. The van der Waals surface area contributed by atoms with Crippen LogP contribution in [0, 0.1) is 0 Å². The third kappa shape index (κ3) is 1.86. The number of ether oxygens (including phenoxy) is 2. The summed E-state index contributed by atoms with van der Waals surface area (Å²) in [7, 11) is 1.37. The molecule has 1 aliphatic heterocycles. The predicted octanol–water partition coefficient (Wildman–Crippen LogP) is 1.61. The van der Waals surface area contributed by atoms with Crippen LogP contribution >= 0.6 is 0 Å². The number of hydrogen-bond acceptors (Lipinski definition) is 4. The Bertz CT molecular complexity index is 587. The van der Waals surface area contributed by atoms with Gasteiger partial charge in [-0.15, -0.1) is 0 Å². The molecule has 1 aromatic heterocycles. The van der Waals surface area contributed by atoms with Gasteiger partial charge in [0.05, 0.1) is 42.7 Å². The Balaban J connectivity index is 1.91. The quantitative estimate of drug-likeness (QED) is 0.772. The van der Waals surface area contributed by atoms with Gasteiger partial charge in [-0.25, -0.2) is 9.78 Å². The molecule has 1 atom stereocenters. The maximum atomic E-state index is 11.4.